The van der Waals surface area contributed by atoms with E-state index in [1.54, 1.807) is 24.3 Å². The molecule has 1 aromatic carbocycles. The molecule has 1 heterocycles. The fourth-order valence-electron chi connectivity index (χ4n) is 1.80. The number of rotatable bonds is 6. The standard InChI is InChI=1S/C15H15ClN2O4/c1-21-12-5-4-10(16)9-11(12)14(19)17-6-7-18-15(20)13-3-2-8-22-13/h2-5,8-9H,6-7H2,1H3,(H,17,19)(H,18,20). The summed E-state index contributed by atoms with van der Waals surface area (Å²) in [6.07, 6.45) is 1.42. The zero-order chi connectivity index (χ0) is 15.9. The number of furan rings is 1. The van der Waals surface area contributed by atoms with Crippen molar-refractivity contribution >= 4 is 23.4 Å². The highest BCUT2D eigenvalue weighted by atomic mass is 35.5. The SMILES string of the molecule is COc1ccc(Cl)cc1C(=O)NCCNC(=O)c1ccco1. The van der Waals surface area contributed by atoms with Crippen molar-refractivity contribution in [2.75, 3.05) is 20.2 Å². The van der Waals surface area contributed by atoms with Crippen LogP contribution in [-0.2, 0) is 0 Å². The van der Waals surface area contributed by atoms with Crippen molar-refractivity contribution < 1.29 is 18.7 Å². The Balaban J connectivity index is 1.83. The Morgan fingerprint density at radius 1 is 1.18 bits per heavy atom. The van der Waals surface area contributed by atoms with E-state index < -0.39 is 0 Å². The molecule has 2 amide bonds. The topological polar surface area (TPSA) is 80.6 Å². The predicted molar refractivity (Wildman–Crippen MR) is 81.4 cm³/mol. The van der Waals surface area contributed by atoms with Gasteiger partial charge in [0.15, 0.2) is 5.76 Å². The minimum Gasteiger partial charge on any atom is -0.496 e. The number of methoxy groups -OCH3 is 1. The van der Waals surface area contributed by atoms with Crippen molar-refractivity contribution in [2.24, 2.45) is 0 Å². The summed E-state index contributed by atoms with van der Waals surface area (Å²) < 4.78 is 10.1. The second-order valence-electron chi connectivity index (χ2n) is 4.33. The fraction of sp³-hybridized carbons (Fsp3) is 0.200. The number of halogens is 1. The highest BCUT2D eigenvalue weighted by molar-refractivity contribution is 6.31. The van der Waals surface area contributed by atoms with Crippen molar-refractivity contribution in [3.8, 4) is 5.75 Å². The molecule has 2 N–H and O–H groups in total. The number of carbonyl (C=O) groups excluding carboxylic acids is 2. The Labute approximate surface area is 132 Å². The monoisotopic (exact) mass is 322 g/mol. The summed E-state index contributed by atoms with van der Waals surface area (Å²) in [7, 11) is 1.48. The minimum absolute atomic E-state index is 0.225. The van der Waals surface area contributed by atoms with Crippen LogP contribution in [0.25, 0.3) is 0 Å². The Kier molecular flexibility index (Phi) is 5.43. The first-order chi connectivity index (χ1) is 10.6. The molecule has 2 aromatic rings. The molecule has 0 radical (unpaired) electrons. The highest BCUT2D eigenvalue weighted by Gasteiger charge is 2.13. The van der Waals surface area contributed by atoms with Gasteiger partial charge in [-0.05, 0) is 30.3 Å². The van der Waals surface area contributed by atoms with E-state index in [2.05, 4.69) is 10.6 Å². The molecule has 7 heteroatoms. The first kappa shape index (κ1) is 15.9. The molecule has 22 heavy (non-hydrogen) atoms. The molecule has 116 valence electrons. The number of ether oxygens (including phenoxy) is 1. The Morgan fingerprint density at radius 2 is 1.91 bits per heavy atom. The van der Waals surface area contributed by atoms with E-state index in [0.29, 0.717) is 16.3 Å². The van der Waals surface area contributed by atoms with E-state index in [4.69, 9.17) is 20.8 Å². The predicted octanol–water partition coefficient (Wildman–Crippen LogP) is 2.10. The third-order valence-electron chi connectivity index (χ3n) is 2.85. The zero-order valence-corrected chi connectivity index (χ0v) is 12.6. The molecule has 1 aromatic heterocycles. The number of carbonyl (C=O) groups is 2. The molecule has 6 nitrogen and oxygen atoms in total. The van der Waals surface area contributed by atoms with Crippen LogP contribution in [0.3, 0.4) is 0 Å². The Bertz CT molecular complexity index is 656. The summed E-state index contributed by atoms with van der Waals surface area (Å²) in [6.45, 7) is 0.537. The van der Waals surface area contributed by atoms with Gasteiger partial charge in [0.1, 0.15) is 5.75 Å². The summed E-state index contributed by atoms with van der Waals surface area (Å²) >= 11 is 5.87. The van der Waals surface area contributed by atoms with Crippen LogP contribution in [0.2, 0.25) is 5.02 Å². The second-order valence-corrected chi connectivity index (χ2v) is 4.77. The van der Waals surface area contributed by atoms with Crippen molar-refractivity contribution in [1.82, 2.24) is 10.6 Å². The van der Waals surface area contributed by atoms with Gasteiger partial charge in [0.05, 0.1) is 18.9 Å². The summed E-state index contributed by atoms with van der Waals surface area (Å²) in [5.41, 5.74) is 0.340. The first-order valence-corrected chi connectivity index (χ1v) is 6.93. The average molecular weight is 323 g/mol. The maximum absolute atomic E-state index is 12.1. The smallest absolute Gasteiger partial charge is 0.287 e. The molecule has 0 atom stereocenters. The van der Waals surface area contributed by atoms with E-state index in [-0.39, 0.29) is 30.7 Å². The van der Waals surface area contributed by atoms with Crippen molar-refractivity contribution in [3.63, 3.8) is 0 Å². The van der Waals surface area contributed by atoms with Crippen molar-refractivity contribution in [3.05, 3.63) is 52.9 Å². The van der Waals surface area contributed by atoms with Gasteiger partial charge >= 0.3 is 0 Å². The summed E-state index contributed by atoms with van der Waals surface area (Å²) in [6, 6.07) is 7.97. The van der Waals surface area contributed by atoms with Crippen LogP contribution in [0.1, 0.15) is 20.9 Å². The van der Waals surface area contributed by atoms with E-state index in [1.165, 1.54) is 19.4 Å². The van der Waals surface area contributed by atoms with Crippen molar-refractivity contribution in [1.29, 1.82) is 0 Å². The van der Waals surface area contributed by atoms with Crippen LogP contribution in [0.5, 0.6) is 5.75 Å². The van der Waals surface area contributed by atoms with Gasteiger partial charge in [0, 0.05) is 18.1 Å². The number of amides is 2. The fourth-order valence-corrected chi connectivity index (χ4v) is 1.97. The summed E-state index contributed by atoms with van der Waals surface area (Å²) in [5, 5.41) is 5.75. The third-order valence-corrected chi connectivity index (χ3v) is 3.08. The largest absolute Gasteiger partial charge is 0.496 e. The molecule has 0 bridgehead atoms. The molecule has 0 saturated heterocycles. The molecular weight excluding hydrogens is 308 g/mol. The maximum Gasteiger partial charge on any atom is 0.287 e. The van der Waals surface area contributed by atoms with Gasteiger partial charge in [-0.25, -0.2) is 0 Å². The van der Waals surface area contributed by atoms with Crippen molar-refractivity contribution in [2.45, 2.75) is 0 Å². The molecule has 0 unspecified atom stereocenters. The van der Waals surface area contributed by atoms with E-state index in [9.17, 15) is 9.59 Å². The average Bonchev–Trinajstić information content (AvgIpc) is 3.05. The van der Waals surface area contributed by atoms with Gasteiger partial charge in [-0.1, -0.05) is 11.6 Å². The molecular formula is C15H15ClN2O4. The van der Waals surface area contributed by atoms with E-state index in [0.717, 1.165) is 0 Å². The lowest BCUT2D eigenvalue weighted by molar-refractivity contribution is 0.0909. The van der Waals surface area contributed by atoms with E-state index >= 15 is 0 Å². The quantitative estimate of drug-likeness (QED) is 0.798. The van der Waals surface area contributed by atoms with Gasteiger partial charge in [-0.15, -0.1) is 0 Å². The molecule has 0 aliphatic carbocycles. The molecule has 0 fully saturated rings. The summed E-state index contributed by atoms with van der Waals surface area (Å²) in [5.74, 6) is -0.00413. The number of benzene rings is 1. The van der Waals surface area contributed by atoms with Crippen LogP contribution in [0, 0.1) is 0 Å². The minimum atomic E-state index is -0.334. The van der Waals surface area contributed by atoms with Gasteiger partial charge in [-0.3, -0.25) is 9.59 Å². The molecule has 2 rings (SSSR count). The molecule has 0 aliphatic heterocycles. The van der Waals surface area contributed by atoms with Gasteiger partial charge in [-0.2, -0.15) is 0 Å². The van der Waals surface area contributed by atoms with Crippen LogP contribution >= 0.6 is 11.6 Å². The van der Waals surface area contributed by atoms with Crippen LogP contribution in [0.15, 0.2) is 41.0 Å². The Hall–Kier alpha value is -2.47. The summed E-state index contributed by atoms with van der Waals surface area (Å²) in [4.78, 5) is 23.7. The normalized spacial score (nSPS) is 10.1. The third kappa shape index (κ3) is 4.02. The molecule has 0 spiro atoms. The number of hydrogen-bond donors (Lipinski definition) is 2. The first-order valence-electron chi connectivity index (χ1n) is 6.55. The van der Waals surface area contributed by atoms with Gasteiger partial charge in [0.2, 0.25) is 0 Å². The van der Waals surface area contributed by atoms with Gasteiger partial charge < -0.3 is 19.8 Å². The molecule has 0 saturated carbocycles. The zero-order valence-electron chi connectivity index (χ0n) is 11.9. The van der Waals surface area contributed by atoms with E-state index in [1.807, 2.05) is 0 Å². The Morgan fingerprint density at radius 3 is 2.55 bits per heavy atom. The number of nitrogens with one attached hydrogen (secondary N) is 2. The lowest BCUT2D eigenvalue weighted by Crippen LogP contribution is -2.34. The maximum atomic E-state index is 12.1. The van der Waals surface area contributed by atoms with Gasteiger partial charge in [0.25, 0.3) is 11.8 Å². The number of hydrogen-bond acceptors (Lipinski definition) is 4. The lowest BCUT2D eigenvalue weighted by atomic mass is 10.2. The molecule has 0 aliphatic rings. The van der Waals surface area contributed by atoms with Crippen LogP contribution < -0.4 is 15.4 Å². The van der Waals surface area contributed by atoms with Crippen LogP contribution in [-0.4, -0.2) is 32.0 Å². The van der Waals surface area contributed by atoms with Crippen LogP contribution in [0.4, 0.5) is 0 Å². The second kappa shape index (κ2) is 7.51. The highest BCUT2D eigenvalue weighted by Crippen LogP contribution is 2.22. The lowest BCUT2D eigenvalue weighted by Gasteiger charge is -2.10.